The predicted molar refractivity (Wildman–Crippen MR) is 56.3 cm³/mol. The molecule has 0 amide bonds. The van der Waals surface area contributed by atoms with Gasteiger partial charge in [0.15, 0.2) is 0 Å². The van der Waals surface area contributed by atoms with E-state index in [9.17, 15) is 4.79 Å². The minimum absolute atomic E-state index is 0.119. The second-order valence-corrected chi connectivity index (χ2v) is 3.41. The summed E-state index contributed by atoms with van der Waals surface area (Å²) >= 11 is 1.02. The molecule has 0 unspecified atom stereocenters. The average molecular weight is 220 g/mol. The van der Waals surface area contributed by atoms with Gasteiger partial charge in [-0.25, -0.2) is 0 Å². The van der Waals surface area contributed by atoms with Crippen LogP contribution in [0.5, 0.6) is 5.75 Å². The highest BCUT2D eigenvalue weighted by Gasteiger charge is 2.11. The molecule has 15 heavy (non-hydrogen) atoms. The normalized spacial score (nSPS) is 9.93. The molecule has 1 aromatic carbocycles. The summed E-state index contributed by atoms with van der Waals surface area (Å²) in [5, 5.41) is 0. The summed E-state index contributed by atoms with van der Waals surface area (Å²) in [5.41, 5.74) is 0.966. The summed E-state index contributed by atoms with van der Waals surface area (Å²) in [5.74, 6) is 0.606. The third-order valence-electron chi connectivity index (χ3n) is 1.95. The lowest BCUT2D eigenvalue weighted by molar-refractivity contribution is 0.103. The maximum atomic E-state index is 11.8. The van der Waals surface area contributed by atoms with Gasteiger partial charge in [-0.3, -0.25) is 4.79 Å². The highest BCUT2D eigenvalue weighted by atomic mass is 32.1. The van der Waals surface area contributed by atoms with Crippen LogP contribution in [0, 0.1) is 0 Å². The minimum Gasteiger partial charge on any atom is -0.497 e. The van der Waals surface area contributed by atoms with Gasteiger partial charge in [-0.2, -0.15) is 8.75 Å². The van der Waals surface area contributed by atoms with Crippen molar-refractivity contribution < 1.29 is 9.53 Å². The summed E-state index contributed by atoms with van der Waals surface area (Å²) in [4.78, 5) is 11.8. The van der Waals surface area contributed by atoms with E-state index < -0.39 is 0 Å². The van der Waals surface area contributed by atoms with Gasteiger partial charge >= 0.3 is 0 Å². The monoisotopic (exact) mass is 220 g/mol. The first-order valence-corrected chi connectivity index (χ1v) is 5.00. The molecule has 76 valence electrons. The van der Waals surface area contributed by atoms with E-state index in [1.165, 1.54) is 6.20 Å². The van der Waals surface area contributed by atoms with Crippen LogP contribution in [0.2, 0.25) is 0 Å². The molecule has 0 spiro atoms. The van der Waals surface area contributed by atoms with Crippen LogP contribution in [0.4, 0.5) is 0 Å². The summed E-state index contributed by atoms with van der Waals surface area (Å²) in [6.07, 6.45) is 1.47. The van der Waals surface area contributed by atoms with Crippen molar-refractivity contribution in [1.29, 1.82) is 0 Å². The Bertz CT molecular complexity index is 451. The fourth-order valence-electron chi connectivity index (χ4n) is 1.15. The zero-order chi connectivity index (χ0) is 10.7. The molecule has 2 aromatic rings. The Balaban J connectivity index is 2.27. The van der Waals surface area contributed by atoms with Gasteiger partial charge in [-0.15, -0.1) is 0 Å². The number of carbonyl (C=O) groups excluding carboxylic acids is 1. The molecule has 0 N–H and O–H groups in total. The highest BCUT2D eigenvalue weighted by molar-refractivity contribution is 6.99. The Morgan fingerprint density at radius 2 is 2.07 bits per heavy atom. The average Bonchev–Trinajstić information content (AvgIpc) is 2.82. The molecule has 0 saturated heterocycles. The van der Waals surface area contributed by atoms with E-state index in [0.29, 0.717) is 11.3 Å². The number of hydrogen-bond donors (Lipinski definition) is 0. The molecule has 0 aliphatic rings. The van der Waals surface area contributed by atoms with Crippen molar-refractivity contribution in [2.45, 2.75) is 0 Å². The third-order valence-corrected chi connectivity index (χ3v) is 2.42. The minimum atomic E-state index is -0.119. The molecular formula is C10H8N2O2S. The van der Waals surface area contributed by atoms with Gasteiger partial charge in [0.2, 0.25) is 5.78 Å². The van der Waals surface area contributed by atoms with E-state index in [4.69, 9.17) is 4.74 Å². The van der Waals surface area contributed by atoms with Crippen molar-refractivity contribution in [2.75, 3.05) is 7.11 Å². The number of hydrogen-bond acceptors (Lipinski definition) is 5. The number of benzene rings is 1. The molecule has 4 nitrogen and oxygen atoms in total. The number of ether oxygens (including phenoxy) is 1. The quantitative estimate of drug-likeness (QED) is 0.740. The molecule has 1 heterocycles. The SMILES string of the molecule is COc1ccc(C(=O)c2cnsn2)cc1. The number of nitrogens with zero attached hydrogens (tertiary/aromatic N) is 2. The van der Waals surface area contributed by atoms with Crippen LogP contribution in [-0.2, 0) is 0 Å². The number of carbonyl (C=O) groups is 1. The number of ketones is 1. The van der Waals surface area contributed by atoms with E-state index in [1.54, 1.807) is 31.4 Å². The lowest BCUT2D eigenvalue weighted by atomic mass is 10.1. The van der Waals surface area contributed by atoms with Crippen LogP contribution >= 0.6 is 11.7 Å². The second kappa shape index (κ2) is 4.18. The van der Waals surface area contributed by atoms with E-state index in [2.05, 4.69) is 8.75 Å². The Morgan fingerprint density at radius 3 is 2.60 bits per heavy atom. The summed E-state index contributed by atoms with van der Waals surface area (Å²) in [7, 11) is 1.58. The molecule has 0 bridgehead atoms. The highest BCUT2D eigenvalue weighted by Crippen LogP contribution is 2.14. The van der Waals surface area contributed by atoms with Gasteiger partial charge in [0.25, 0.3) is 0 Å². The van der Waals surface area contributed by atoms with E-state index in [1.807, 2.05) is 0 Å². The molecule has 0 fully saturated rings. The van der Waals surface area contributed by atoms with Gasteiger partial charge in [0.05, 0.1) is 25.0 Å². The van der Waals surface area contributed by atoms with E-state index in [-0.39, 0.29) is 5.78 Å². The van der Waals surface area contributed by atoms with Crippen molar-refractivity contribution in [3.8, 4) is 5.75 Å². The number of methoxy groups -OCH3 is 1. The maximum Gasteiger partial charge on any atom is 0.214 e. The molecule has 0 radical (unpaired) electrons. The molecule has 2 rings (SSSR count). The topological polar surface area (TPSA) is 52.1 Å². The van der Waals surface area contributed by atoms with Crippen molar-refractivity contribution in [3.63, 3.8) is 0 Å². The van der Waals surface area contributed by atoms with Gasteiger partial charge in [0, 0.05) is 5.56 Å². The van der Waals surface area contributed by atoms with Gasteiger partial charge in [-0.1, -0.05) is 0 Å². The van der Waals surface area contributed by atoms with Gasteiger partial charge in [-0.05, 0) is 24.3 Å². The van der Waals surface area contributed by atoms with Crippen LogP contribution in [0.15, 0.2) is 30.5 Å². The molecular weight excluding hydrogens is 212 g/mol. The first kappa shape index (κ1) is 9.79. The van der Waals surface area contributed by atoms with Crippen molar-refractivity contribution in [3.05, 3.63) is 41.7 Å². The first-order valence-electron chi connectivity index (χ1n) is 4.27. The predicted octanol–water partition coefficient (Wildman–Crippen LogP) is 1.78. The summed E-state index contributed by atoms with van der Waals surface area (Å²) in [6, 6.07) is 6.90. The van der Waals surface area contributed by atoms with Crippen LogP contribution in [0.3, 0.4) is 0 Å². The largest absolute Gasteiger partial charge is 0.497 e. The zero-order valence-electron chi connectivity index (χ0n) is 8.01. The first-order chi connectivity index (χ1) is 7.31. The lowest BCUT2D eigenvalue weighted by Gasteiger charge is -2.00. The zero-order valence-corrected chi connectivity index (χ0v) is 8.82. The molecule has 5 heteroatoms. The second-order valence-electron chi connectivity index (χ2n) is 2.85. The molecule has 0 aliphatic carbocycles. The molecule has 0 atom stereocenters. The van der Waals surface area contributed by atoms with Gasteiger partial charge in [0.1, 0.15) is 11.4 Å². The molecule has 1 aromatic heterocycles. The van der Waals surface area contributed by atoms with E-state index in [0.717, 1.165) is 17.5 Å². The maximum absolute atomic E-state index is 11.8. The van der Waals surface area contributed by atoms with Gasteiger partial charge < -0.3 is 4.74 Å². The lowest BCUT2D eigenvalue weighted by Crippen LogP contribution is -2.00. The van der Waals surface area contributed by atoms with Crippen LogP contribution in [0.1, 0.15) is 16.1 Å². The third kappa shape index (κ3) is 2.02. The molecule has 0 aliphatic heterocycles. The number of aromatic nitrogens is 2. The van der Waals surface area contributed by atoms with Crippen molar-refractivity contribution >= 4 is 17.5 Å². The standard InChI is InChI=1S/C10H8N2O2S/c1-14-8-4-2-7(3-5-8)10(13)9-6-11-15-12-9/h2-6H,1H3. The van der Waals surface area contributed by atoms with Crippen molar-refractivity contribution in [2.24, 2.45) is 0 Å². The fraction of sp³-hybridized carbons (Fsp3) is 0.100. The van der Waals surface area contributed by atoms with E-state index >= 15 is 0 Å². The van der Waals surface area contributed by atoms with Crippen LogP contribution in [0.25, 0.3) is 0 Å². The van der Waals surface area contributed by atoms with Crippen molar-refractivity contribution in [1.82, 2.24) is 8.75 Å². The smallest absolute Gasteiger partial charge is 0.214 e. The molecule has 0 saturated carbocycles. The van der Waals surface area contributed by atoms with Crippen LogP contribution in [-0.4, -0.2) is 21.6 Å². The summed E-state index contributed by atoms with van der Waals surface area (Å²) in [6.45, 7) is 0. The summed E-state index contributed by atoms with van der Waals surface area (Å²) < 4.78 is 12.7. The Hall–Kier alpha value is -1.75. The Labute approximate surface area is 90.9 Å². The Morgan fingerprint density at radius 1 is 1.33 bits per heavy atom. The number of rotatable bonds is 3. The van der Waals surface area contributed by atoms with Crippen LogP contribution < -0.4 is 4.74 Å². The Kier molecular flexibility index (Phi) is 2.73. The fourth-order valence-corrected chi connectivity index (χ4v) is 1.57.